The molecule has 2 atom stereocenters. The van der Waals surface area contributed by atoms with Crippen LogP contribution in [0, 0.1) is 9.49 Å². The van der Waals surface area contributed by atoms with Gasteiger partial charge in [-0.15, -0.1) is 0 Å². The third kappa shape index (κ3) is 4.10. The molecule has 20 heavy (non-hydrogen) atoms. The summed E-state index contributed by atoms with van der Waals surface area (Å²) in [5.74, 6) is -1.59. The minimum Gasteiger partial charge on any atom is -0.349 e. The molecular formula is C14H15F3INO. The fourth-order valence-corrected chi connectivity index (χ4v) is 2.85. The molecule has 1 aliphatic rings. The maximum Gasteiger partial charge on any atom is 0.391 e. The second-order valence-electron chi connectivity index (χ2n) is 5.08. The molecule has 0 aromatic heterocycles. The zero-order chi connectivity index (χ0) is 14.8. The highest BCUT2D eigenvalue weighted by Gasteiger charge is 2.42. The average Bonchev–Trinajstić information content (AvgIpc) is 2.38. The van der Waals surface area contributed by atoms with E-state index in [1.54, 1.807) is 24.3 Å². The van der Waals surface area contributed by atoms with Crippen molar-refractivity contribution in [3.05, 3.63) is 33.4 Å². The second-order valence-corrected chi connectivity index (χ2v) is 6.33. The van der Waals surface area contributed by atoms with Gasteiger partial charge < -0.3 is 5.32 Å². The van der Waals surface area contributed by atoms with E-state index in [0.29, 0.717) is 18.4 Å². The Morgan fingerprint density at radius 3 is 2.45 bits per heavy atom. The van der Waals surface area contributed by atoms with Crippen LogP contribution >= 0.6 is 22.6 Å². The van der Waals surface area contributed by atoms with Crippen LogP contribution < -0.4 is 5.32 Å². The predicted octanol–water partition coefficient (Wildman–Crippen LogP) is 4.14. The molecule has 0 radical (unpaired) electrons. The third-order valence-electron chi connectivity index (χ3n) is 3.58. The van der Waals surface area contributed by atoms with Gasteiger partial charge in [0, 0.05) is 15.2 Å². The van der Waals surface area contributed by atoms with Crippen LogP contribution in [0.4, 0.5) is 13.2 Å². The van der Waals surface area contributed by atoms with Crippen LogP contribution in [0.3, 0.4) is 0 Å². The summed E-state index contributed by atoms with van der Waals surface area (Å²) in [4.78, 5) is 12.0. The normalized spacial score (nSPS) is 23.4. The summed E-state index contributed by atoms with van der Waals surface area (Å²) in [5.41, 5.74) is 0.486. The summed E-state index contributed by atoms with van der Waals surface area (Å²) >= 11 is 2.13. The molecule has 1 aliphatic carbocycles. The monoisotopic (exact) mass is 397 g/mol. The van der Waals surface area contributed by atoms with Crippen molar-refractivity contribution < 1.29 is 18.0 Å². The molecule has 0 bridgehead atoms. The molecule has 1 N–H and O–H groups in total. The van der Waals surface area contributed by atoms with Gasteiger partial charge in [-0.25, -0.2) is 0 Å². The van der Waals surface area contributed by atoms with Crippen LogP contribution in [-0.4, -0.2) is 18.1 Å². The Morgan fingerprint density at radius 2 is 1.85 bits per heavy atom. The summed E-state index contributed by atoms with van der Waals surface area (Å²) in [5, 5.41) is 2.72. The van der Waals surface area contributed by atoms with E-state index in [9.17, 15) is 18.0 Å². The van der Waals surface area contributed by atoms with Crippen molar-refractivity contribution >= 4 is 28.5 Å². The van der Waals surface area contributed by atoms with Crippen molar-refractivity contribution in [2.45, 2.75) is 37.9 Å². The lowest BCUT2D eigenvalue weighted by Gasteiger charge is -2.31. The number of alkyl halides is 3. The van der Waals surface area contributed by atoms with Gasteiger partial charge in [-0.05, 0) is 66.1 Å². The van der Waals surface area contributed by atoms with Gasteiger partial charge >= 0.3 is 6.18 Å². The largest absolute Gasteiger partial charge is 0.391 e. The molecule has 2 nitrogen and oxygen atoms in total. The molecule has 0 heterocycles. The number of nitrogens with one attached hydrogen (secondary N) is 1. The van der Waals surface area contributed by atoms with E-state index < -0.39 is 12.1 Å². The van der Waals surface area contributed by atoms with Crippen LogP contribution in [0.1, 0.15) is 36.0 Å². The summed E-state index contributed by atoms with van der Waals surface area (Å²) < 4.78 is 39.1. The Morgan fingerprint density at radius 1 is 1.20 bits per heavy atom. The Bertz CT molecular complexity index is 472. The van der Waals surface area contributed by atoms with E-state index in [1.165, 1.54) is 0 Å². The quantitative estimate of drug-likeness (QED) is 0.747. The molecule has 1 aromatic carbocycles. The highest BCUT2D eigenvalue weighted by molar-refractivity contribution is 14.1. The average molecular weight is 397 g/mol. The molecule has 0 aliphatic heterocycles. The third-order valence-corrected chi connectivity index (χ3v) is 4.30. The Hall–Kier alpha value is -0.790. The number of hydrogen-bond donors (Lipinski definition) is 1. The van der Waals surface area contributed by atoms with Gasteiger partial charge in [0.05, 0.1) is 5.92 Å². The number of hydrogen-bond acceptors (Lipinski definition) is 1. The number of carbonyl (C=O) groups is 1. The van der Waals surface area contributed by atoms with Gasteiger partial charge in [0.25, 0.3) is 5.91 Å². The van der Waals surface area contributed by atoms with Gasteiger partial charge in [-0.2, -0.15) is 13.2 Å². The molecule has 1 fully saturated rings. The van der Waals surface area contributed by atoms with E-state index in [1.807, 2.05) is 0 Å². The van der Waals surface area contributed by atoms with Crippen molar-refractivity contribution in [3.8, 4) is 0 Å². The molecular weight excluding hydrogens is 382 g/mol. The molecule has 6 heteroatoms. The Kier molecular flexibility index (Phi) is 4.93. The molecule has 1 saturated carbocycles. The van der Waals surface area contributed by atoms with Gasteiger partial charge in [0.2, 0.25) is 0 Å². The van der Waals surface area contributed by atoms with E-state index in [-0.39, 0.29) is 24.8 Å². The van der Waals surface area contributed by atoms with Gasteiger partial charge in [0.15, 0.2) is 0 Å². The molecule has 1 aromatic rings. The maximum atomic E-state index is 12.7. The second kappa shape index (κ2) is 6.32. The first-order chi connectivity index (χ1) is 9.36. The van der Waals surface area contributed by atoms with Crippen molar-refractivity contribution in [2.75, 3.05) is 0 Å². The number of benzene rings is 1. The lowest BCUT2D eigenvalue weighted by Crippen LogP contribution is -2.41. The minimum absolute atomic E-state index is 0.0143. The van der Waals surface area contributed by atoms with Crippen molar-refractivity contribution in [1.82, 2.24) is 5.32 Å². The summed E-state index contributed by atoms with van der Waals surface area (Å²) in [6, 6.07) is 6.58. The Balaban J connectivity index is 1.96. The fraction of sp³-hybridized carbons (Fsp3) is 0.500. The van der Waals surface area contributed by atoms with Gasteiger partial charge in [-0.3, -0.25) is 4.79 Å². The zero-order valence-corrected chi connectivity index (χ0v) is 12.9. The lowest BCUT2D eigenvalue weighted by molar-refractivity contribution is -0.183. The molecule has 110 valence electrons. The van der Waals surface area contributed by atoms with Crippen LogP contribution in [-0.2, 0) is 0 Å². The highest BCUT2D eigenvalue weighted by atomic mass is 127. The van der Waals surface area contributed by atoms with Crippen LogP contribution in [0.25, 0.3) is 0 Å². The predicted molar refractivity (Wildman–Crippen MR) is 78.4 cm³/mol. The van der Waals surface area contributed by atoms with Gasteiger partial charge in [-0.1, -0.05) is 6.42 Å². The number of rotatable bonds is 2. The van der Waals surface area contributed by atoms with Crippen molar-refractivity contribution in [2.24, 2.45) is 5.92 Å². The smallest absolute Gasteiger partial charge is 0.349 e. The number of halogens is 4. The number of amides is 1. The van der Waals surface area contributed by atoms with E-state index in [0.717, 1.165) is 3.57 Å². The van der Waals surface area contributed by atoms with E-state index in [2.05, 4.69) is 27.9 Å². The molecule has 2 rings (SSSR count). The van der Waals surface area contributed by atoms with Crippen LogP contribution in [0.5, 0.6) is 0 Å². The molecule has 1 amide bonds. The summed E-state index contributed by atoms with van der Waals surface area (Å²) in [7, 11) is 0. The summed E-state index contributed by atoms with van der Waals surface area (Å²) in [6.07, 6.45) is -2.89. The topological polar surface area (TPSA) is 29.1 Å². The minimum atomic E-state index is -4.16. The maximum absolute atomic E-state index is 12.7. The molecule has 2 unspecified atom stereocenters. The lowest BCUT2D eigenvalue weighted by atomic mass is 9.85. The molecule has 0 saturated heterocycles. The Labute approximate surface area is 129 Å². The SMILES string of the molecule is O=C(NC1CCCC(C(F)(F)F)C1)c1ccc(I)cc1. The van der Waals surface area contributed by atoms with Gasteiger partial charge in [0.1, 0.15) is 0 Å². The fourth-order valence-electron chi connectivity index (χ4n) is 2.49. The van der Waals surface area contributed by atoms with Crippen LogP contribution in [0.2, 0.25) is 0 Å². The first-order valence-electron chi connectivity index (χ1n) is 6.49. The molecule has 0 spiro atoms. The van der Waals surface area contributed by atoms with Crippen molar-refractivity contribution in [1.29, 1.82) is 0 Å². The zero-order valence-electron chi connectivity index (χ0n) is 10.7. The summed E-state index contributed by atoms with van der Waals surface area (Å²) in [6.45, 7) is 0. The van der Waals surface area contributed by atoms with E-state index >= 15 is 0 Å². The van der Waals surface area contributed by atoms with E-state index in [4.69, 9.17) is 0 Å². The highest BCUT2D eigenvalue weighted by Crippen LogP contribution is 2.37. The van der Waals surface area contributed by atoms with Crippen molar-refractivity contribution in [3.63, 3.8) is 0 Å². The standard InChI is InChI=1S/C14H15F3INO/c15-14(16,17)10-2-1-3-12(8-10)19-13(20)9-4-6-11(18)7-5-9/h4-7,10,12H,1-3,8H2,(H,19,20). The first kappa shape index (κ1) is 15.6. The number of carbonyl (C=O) groups excluding carboxylic acids is 1. The van der Waals surface area contributed by atoms with Crippen LogP contribution in [0.15, 0.2) is 24.3 Å². The first-order valence-corrected chi connectivity index (χ1v) is 7.57.